The number of nitrogens with zero attached hydrogens (tertiary/aromatic N) is 4. The van der Waals surface area contributed by atoms with Crippen molar-refractivity contribution in [3.05, 3.63) is 24.3 Å². The number of halogens is 1. The standard InChI is InChI=1S/C9H11N5.ClH/c1-13(2)9(10)14-8-6-4-3-5-7(8)11-12-14;/h3-6,10H,1-2H3;1H. The van der Waals surface area contributed by atoms with Crippen LogP contribution in [0.1, 0.15) is 0 Å². The lowest BCUT2D eigenvalue weighted by molar-refractivity contribution is 0.575. The van der Waals surface area contributed by atoms with Crippen molar-refractivity contribution >= 4 is 29.4 Å². The Hall–Kier alpha value is -1.62. The molecule has 0 amide bonds. The first-order valence-electron chi connectivity index (χ1n) is 4.27. The van der Waals surface area contributed by atoms with Crippen LogP contribution in [-0.4, -0.2) is 39.9 Å². The molecule has 6 heteroatoms. The first-order valence-corrected chi connectivity index (χ1v) is 4.27. The molecule has 1 aromatic heterocycles. The van der Waals surface area contributed by atoms with Gasteiger partial charge >= 0.3 is 0 Å². The Labute approximate surface area is 93.6 Å². The smallest absolute Gasteiger partial charge is 0.220 e. The van der Waals surface area contributed by atoms with Gasteiger partial charge in [0.1, 0.15) is 5.52 Å². The third kappa shape index (κ3) is 1.92. The predicted molar refractivity (Wildman–Crippen MR) is 61.6 cm³/mol. The molecule has 0 bridgehead atoms. The van der Waals surface area contributed by atoms with Gasteiger partial charge in [-0.05, 0) is 12.1 Å². The Morgan fingerprint density at radius 1 is 1.33 bits per heavy atom. The van der Waals surface area contributed by atoms with Crippen LogP contribution < -0.4 is 0 Å². The maximum absolute atomic E-state index is 7.77. The molecule has 0 aliphatic carbocycles. The molecule has 0 aliphatic rings. The molecule has 5 nitrogen and oxygen atoms in total. The molecule has 0 fully saturated rings. The second kappa shape index (κ2) is 4.27. The molecular formula is C9H12ClN5. The molecule has 1 N–H and O–H groups in total. The summed E-state index contributed by atoms with van der Waals surface area (Å²) in [7, 11) is 3.61. The van der Waals surface area contributed by atoms with Crippen LogP contribution in [0.4, 0.5) is 0 Å². The van der Waals surface area contributed by atoms with E-state index < -0.39 is 0 Å². The van der Waals surface area contributed by atoms with E-state index in [-0.39, 0.29) is 12.4 Å². The second-order valence-electron chi connectivity index (χ2n) is 3.21. The van der Waals surface area contributed by atoms with Crippen LogP contribution in [0.15, 0.2) is 24.3 Å². The average molecular weight is 226 g/mol. The molecule has 15 heavy (non-hydrogen) atoms. The molecule has 2 rings (SSSR count). The number of nitrogens with one attached hydrogen (secondary N) is 1. The van der Waals surface area contributed by atoms with Crippen molar-refractivity contribution in [1.29, 1.82) is 5.41 Å². The van der Waals surface area contributed by atoms with Gasteiger partial charge in [0.25, 0.3) is 0 Å². The summed E-state index contributed by atoms with van der Waals surface area (Å²) in [6, 6.07) is 7.58. The SMILES string of the molecule is CN(C)C(=N)n1nnc2ccccc21.Cl. The van der Waals surface area contributed by atoms with E-state index in [2.05, 4.69) is 10.3 Å². The zero-order valence-corrected chi connectivity index (χ0v) is 9.32. The highest BCUT2D eigenvalue weighted by atomic mass is 35.5. The third-order valence-electron chi connectivity index (χ3n) is 1.98. The minimum Gasteiger partial charge on any atom is -0.347 e. The monoisotopic (exact) mass is 225 g/mol. The van der Waals surface area contributed by atoms with Crippen molar-refractivity contribution in [1.82, 2.24) is 19.9 Å². The number of hydrogen-bond donors (Lipinski definition) is 1. The highest BCUT2D eigenvalue weighted by molar-refractivity contribution is 5.88. The van der Waals surface area contributed by atoms with E-state index in [1.54, 1.807) is 19.0 Å². The molecular weight excluding hydrogens is 214 g/mol. The van der Waals surface area contributed by atoms with Crippen molar-refractivity contribution < 1.29 is 0 Å². The fourth-order valence-electron chi connectivity index (χ4n) is 1.21. The van der Waals surface area contributed by atoms with Crippen LogP contribution in [0.3, 0.4) is 0 Å². The van der Waals surface area contributed by atoms with Crippen molar-refractivity contribution in [2.75, 3.05) is 14.1 Å². The number of rotatable bonds is 0. The summed E-state index contributed by atoms with van der Waals surface area (Å²) < 4.78 is 1.51. The fourth-order valence-corrected chi connectivity index (χ4v) is 1.21. The summed E-state index contributed by atoms with van der Waals surface area (Å²) in [6.45, 7) is 0. The molecule has 1 heterocycles. The number of benzene rings is 1. The maximum atomic E-state index is 7.77. The van der Waals surface area contributed by atoms with Crippen LogP contribution in [0.25, 0.3) is 11.0 Å². The van der Waals surface area contributed by atoms with Gasteiger partial charge in [-0.25, -0.2) is 0 Å². The fraction of sp³-hybridized carbons (Fsp3) is 0.222. The lowest BCUT2D eigenvalue weighted by atomic mass is 10.3. The normalized spacial score (nSPS) is 9.73. The van der Waals surface area contributed by atoms with E-state index >= 15 is 0 Å². The van der Waals surface area contributed by atoms with Crippen molar-refractivity contribution in [3.8, 4) is 0 Å². The Balaban J connectivity index is 0.00000112. The third-order valence-corrected chi connectivity index (χ3v) is 1.98. The van der Waals surface area contributed by atoms with Crippen LogP contribution in [0, 0.1) is 5.41 Å². The number of para-hydroxylation sites is 1. The van der Waals surface area contributed by atoms with E-state index in [9.17, 15) is 0 Å². The van der Waals surface area contributed by atoms with Gasteiger partial charge in [-0.3, -0.25) is 5.41 Å². The summed E-state index contributed by atoms with van der Waals surface area (Å²) in [6.07, 6.45) is 0. The summed E-state index contributed by atoms with van der Waals surface area (Å²) >= 11 is 0. The van der Waals surface area contributed by atoms with Crippen molar-refractivity contribution in [3.63, 3.8) is 0 Å². The van der Waals surface area contributed by atoms with E-state index in [0.29, 0.717) is 5.96 Å². The van der Waals surface area contributed by atoms with Gasteiger partial charge in [-0.2, -0.15) is 4.68 Å². The summed E-state index contributed by atoms with van der Waals surface area (Å²) in [5.41, 5.74) is 1.66. The Morgan fingerprint density at radius 2 is 2.00 bits per heavy atom. The van der Waals surface area contributed by atoms with Gasteiger partial charge in [-0.15, -0.1) is 17.5 Å². The van der Waals surface area contributed by atoms with Crippen molar-refractivity contribution in [2.45, 2.75) is 0 Å². The number of hydrogen-bond acceptors (Lipinski definition) is 3. The Morgan fingerprint density at radius 3 is 2.67 bits per heavy atom. The maximum Gasteiger partial charge on any atom is 0.220 e. The lowest BCUT2D eigenvalue weighted by Crippen LogP contribution is -2.28. The predicted octanol–water partition coefficient (Wildman–Crippen LogP) is 1.20. The van der Waals surface area contributed by atoms with Gasteiger partial charge < -0.3 is 4.90 Å². The van der Waals surface area contributed by atoms with Gasteiger partial charge in [0.2, 0.25) is 5.96 Å². The molecule has 0 radical (unpaired) electrons. The lowest BCUT2D eigenvalue weighted by Gasteiger charge is -2.12. The molecule has 0 saturated heterocycles. The summed E-state index contributed by atoms with van der Waals surface area (Å²) in [5.74, 6) is 0.304. The second-order valence-corrected chi connectivity index (χ2v) is 3.21. The van der Waals surface area contributed by atoms with Gasteiger partial charge in [0, 0.05) is 14.1 Å². The first-order chi connectivity index (χ1) is 6.70. The van der Waals surface area contributed by atoms with E-state index in [1.807, 2.05) is 24.3 Å². The topological polar surface area (TPSA) is 57.8 Å². The van der Waals surface area contributed by atoms with Crippen LogP contribution in [0.5, 0.6) is 0 Å². The van der Waals surface area contributed by atoms with Crippen LogP contribution >= 0.6 is 12.4 Å². The molecule has 0 saturated carbocycles. The molecule has 1 aromatic carbocycles. The first kappa shape index (κ1) is 11.5. The molecule has 0 spiro atoms. The van der Waals surface area contributed by atoms with Crippen molar-refractivity contribution in [2.24, 2.45) is 0 Å². The van der Waals surface area contributed by atoms with E-state index in [1.165, 1.54) is 4.68 Å². The van der Waals surface area contributed by atoms with E-state index in [0.717, 1.165) is 11.0 Å². The highest BCUT2D eigenvalue weighted by Crippen LogP contribution is 2.09. The quantitative estimate of drug-likeness (QED) is 0.542. The minimum atomic E-state index is 0. The average Bonchev–Trinajstić information content (AvgIpc) is 2.60. The van der Waals surface area contributed by atoms with Gasteiger partial charge in [0.15, 0.2) is 0 Å². The molecule has 0 aliphatic heterocycles. The summed E-state index contributed by atoms with van der Waals surface area (Å²) in [5, 5.41) is 15.7. The highest BCUT2D eigenvalue weighted by Gasteiger charge is 2.08. The number of aromatic nitrogens is 3. The summed E-state index contributed by atoms with van der Waals surface area (Å²) in [4.78, 5) is 1.68. The Bertz CT molecular complexity index is 476. The van der Waals surface area contributed by atoms with E-state index in [4.69, 9.17) is 5.41 Å². The molecule has 0 unspecified atom stereocenters. The zero-order chi connectivity index (χ0) is 10.1. The van der Waals surface area contributed by atoms with Gasteiger partial charge in [-0.1, -0.05) is 17.3 Å². The number of fused-ring (bicyclic) bond motifs is 1. The van der Waals surface area contributed by atoms with Gasteiger partial charge in [0.05, 0.1) is 5.52 Å². The minimum absolute atomic E-state index is 0. The molecule has 0 atom stereocenters. The zero-order valence-electron chi connectivity index (χ0n) is 8.51. The molecule has 80 valence electrons. The Kier molecular flexibility index (Phi) is 3.26. The molecule has 2 aromatic rings. The largest absolute Gasteiger partial charge is 0.347 e. The van der Waals surface area contributed by atoms with Crippen LogP contribution in [-0.2, 0) is 0 Å². The van der Waals surface area contributed by atoms with Crippen LogP contribution in [0.2, 0.25) is 0 Å².